The van der Waals surface area contributed by atoms with Crippen molar-refractivity contribution in [1.29, 1.82) is 0 Å². The first-order chi connectivity index (χ1) is 36.8. The minimum absolute atomic E-state index is 0.00981. The molecule has 0 atom stereocenters. The molecular formula is C74H84BN3. The SMILES string of the molecule is CCC(C)(C)c1ccc(N2c3ccc(C(C)(C)CC)cc3B3c4c2cccc4N(c2ccc(C(C)(C)CC)cc2)c2cc(N(c4ccc(C(C)(C)C)cc4)c4ccc(C(C)(C)C)cc4)c4c(c23)C(C)(C)c2ccccc2-4)cc1. The number of rotatable bonds is 11. The molecule has 0 fully saturated rings. The van der Waals surface area contributed by atoms with E-state index in [1.165, 1.54) is 101 Å². The van der Waals surface area contributed by atoms with E-state index in [0.717, 1.165) is 36.3 Å². The molecule has 0 N–H and O–H groups in total. The fourth-order valence-electron chi connectivity index (χ4n) is 12.9. The highest BCUT2D eigenvalue weighted by Crippen LogP contribution is 2.58. The summed E-state index contributed by atoms with van der Waals surface area (Å²) in [5, 5.41) is 0. The zero-order valence-electron chi connectivity index (χ0n) is 50.1. The fraction of sp³-hybridized carbons (Fsp3) is 0.351. The van der Waals surface area contributed by atoms with Crippen LogP contribution in [0.5, 0.6) is 0 Å². The summed E-state index contributed by atoms with van der Waals surface area (Å²) in [5.41, 5.74) is 26.8. The Morgan fingerprint density at radius 3 is 1.33 bits per heavy atom. The molecule has 398 valence electrons. The van der Waals surface area contributed by atoms with Gasteiger partial charge in [0.1, 0.15) is 0 Å². The van der Waals surface area contributed by atoms with Crippen LogP contribution < -0.4 is 31.1 Å². The van der Waals surface area contributed by atoms with Gasteiger partial charge in [0.15, 0.2) is 0 Å². The molecule has 3 aliphatic rings. The van der Waals surface area contributed by atoms with Gasteiger partial charge in [-0.05, 0) is 180 Å². The van der Waals surface area contributed by atoms with E-state index in [-0.39, 0.29) is 39.2 Å². The number of hydrogen-bond acceptors (Lipinski definition) is 3. The van der Waals surface area contributed by atoms with Crippen LogP contribution >= 0.6 is 0 Å². The lowest BCUT2D eigenvalue weighted by molar-refractivity contribution is 0.506. The first-order valence-corrected chi connectivity index (χ1v) is 29.2. The van der Waals surface area contributed by atoms with Crippen LogP contribution in [-0.4, -0.2) is 6.71 Å². The van der Waals surface area contributed by atoms with Crippen molar-refractivity contribution in [2.24, 2.45) is 0 Å². The lowest BCUT2D eigenvalue weighted by Gasteiger charge is -2.46. The molecule has 0 aromatic heterocycles. The van der Waals surface area contributed by atoms with E-state index in [1.807, 2.05) is 0 Å². The molecule has 8 aromatic rings. The van der Waals surface area contributed by atoms with E-state index in [1.54, 1.807) is 0 Å². The third kappa shape index (κ3) is 8.54. The van der Waals surface area contributed by atoms with Crippen LogP contribution in [0.2, 0.25) is 0 Å². The number of fused-ring (bicyclic) bond motifs is 8. The molecule has 0 saturated carbocycles. The average molecular weight is 1030 g/mol. The number of hydrogen-bond donors (Lipinski definition) is 0. The fourth-order valence-corrected chi connectivity index (χ4v) is 12.9. The summed E-state index contributed by atoms with van der Waals surface area (Å²) < 4.78 is 0. The monoisotopic (exact) mass is 1030 g/mol. The topological polar surface area (TPSA) is 9.72 Å². The summed E-state index contributed by atoms with van der Waals surface area (Å²) in [6.07, 6.45) is 3.17. The summed E-state index contributed by atoms with van der Waals surface area (Å²) in [6.45, 7) is 40.1. The van der Waals surface area contributed by atoms with Gasteiger partial charge >= 0.3 is 0 Å². The largest absolute Gasteiger partial charge is 0.311 e. The Hall–Kier alpha value is -6.78. The van der Waals surface area contributed by atoms with Crippen LogP contribution in [-0.2, 0) is 32.5 Å². The zero-order chi connectivity index (χ0) is 55.6. The van der Waals surface area contributed by atoms with Gasteiger partial charge in [-0.2, -0.15) is 0 Å². The van der Waals surface area contributed by atoms with Crippen molar-refractivity contribution in [2.45, 2.75) is 169 Å². The molecule has 0 bridgehead atoms. The molecule has 8 aromatic carbocycles. The van der Waals surface area contributed by atoms with Gasteiger partial charge < -0.3 is 14.7 Å². The number of nitrogens with zero attached hydrogens (tertiary/aromatic N) is 3. The first-order valence-electron chi connectivity index (χ1n) is 29.2. The highest BCUT2D eigenvalue weighted by molar-refractivity contribution is 7.00. The summed E-state index contributed by atoms with van der Waals surface area (Å²) in [4.78, 5) is 7.82. The molecule has 2 heterocycles. The Bertz CT molecular complexity index is 3520. The van der Waals surface area contributed by atoms with Gasteiger partial charge in [0.25, 0.3) is 6.71 Å². The van der Waals surface area contributed by atoms with Crippen molar-refractivity contribution in [1.82, 2.24) is 0 Å². The predicted molar refractivity (Wildman–Crippen MR) is 340 cm³/mol. The smallest absolute Gasteiger partial charge is 0.252 e. The molecule has 11 rings (SSSR count). The predicted octanol–water partition coefficient (Wildman–Crippen LogP) is 19.2. The lowest BCUT2D eigenvalue weighted by atomic mass is 9.32. The second-order valence-corrected chi connectivity index (χ2v) is 27.6. The van der Waals surface area contributed by atoms with Crippen molar-refractivity contribution in [3.8, 4) is 11.1 Å². The molecule has 1 aliphatic carbocycles. The minimum atomic E-state index is -0.365. The molecule has 0 saturated heterocycles. The first kappa shape index (κ1) is 53.2. The van der Waals surface area contributed by atoms with Gasteiger partial charge in [0, 0.05) is 56.5 Å². The average Bonchev–Trinajstić information content (AvgIpc) is 2.14. The zero-order valence-corrected chi connectivity index (χ0v) is 50.1. The van der Waals surface area contributed by atoms with E-state index in [9.17, 15) is 0 Å². The molecule has 4 heteroatoms. The Kier molecular flexibility index (Phi) is 12.7. The summed E-state index contributed by atoms with van der Waals surface area (Å²) in [7, 11) is 0. The second kappa shape index (κ2) is 18.7. The third-order valence-corrected chi connectivity index (χ3v) is 19.2. The maximum Gasteiger partial charge on any atom is 0.252 e. The summed E-state index contributed by atoms with van der Waals surface area (Å²) in [5.74, 6) is 0. The van der Waals surface area contributed by atoms with Gasteiger partial charge in [0.05, 0.1) is 5.69 Å². The van der Waals surface area contributed by atoms with E-state index in [2.05, 4.69) is 296 Å². The van der Waals surface area contributed by atoms with Crippen LogP contribution in [0.25, 0.3) is 11.1 Å². The van der Waals surface area contributed by atoms with Crippen LogP contribution in [0.1, 0.15) is 176 Å². The van der Waals surface area contributed by atoms with Crippen LogP contribution in [0.15, 0.2) is 164 Å². The van der Waals surface area contributed by atoms with Gasteiger partial charge in [0.2, 0.25) is 0 Å². The van der Waals surface area contributed by atoms with E-state index in [4.69, 9.17) is 0 Å². The highest BCUT2D eigenvalue weighted by Gasteiger charge is 2.50. The van der Waals surface area contributed by atoms with Gasteiger partial charge in [-0.1, -0.05) is 209 Å². The Labute approximate surface area is 469 Å². The Balaban J connectivity index is 1.29. The van der Waals surface area contributed by atoms with Crippen molar-refractivity contribution in [3.05, 3.63) is 203 Å². The van der Waals surface area contributed by atoms with Crippen molar-refractivity contribution < 1.29 is 0 Å². The summed E-state index contributed by atoms with van der Waals surface area (Å²) in [6, 6.07) is 64.5. The summed E-state index contributed by atoms with van der Waals surface area (Å²) >= 11 is 0. The van der Waals surface area contributed by atoms with Gasteiger partial charge in [-0.15, -0.1) is 0 Å². The molecule has 78 heavy (non-hydrogen) atoms. The van der Waals surface area contributed by atoms with Gasteiger partial charge in [-0.25, -0.2) is 0 Å². The van der Waals surface area contributed by atoms with E-state index < -0.39 is 0 Å². The highest BCUT2D eigenvalue weighted by atomic mass is 15.2. The van der Waals surface area contributed by atoms with Gasteiger partial charge in [-0.3, -0.25) is 0 Å². The maximum absolute atomic E-state index is 2.65. The van der Waals surface area contributed by atoms with E-state index >= 15 is 0 Å². The van der Waals surface area contributed by atoms with Crippen LogP contribution in [0.4, 0.5) is 51.2 Å². The molecule has 3 nitrogen and oxygen atoms in total. The van der Waals surface area contributed by atoms with Crippen LogP contribution in [0, 0.1) is 0 Å². The minimum Gasteiger partial charge on any atom is -0.311 e. The molecule has 0 radical (unpaired) electrons. The normalized spacial score (nSPS) is 14.7. The molecular weight excluding hydrogens is 942 g/mol. The Morgan fingerprint density at radius 2 is 0.859 bits per heavy atom. The van der Waals surface area contributed by atoms with Crippen molar-refractivity contribution in [3.63, 3.8) is 0 Å². The maximum atomic E-state index is 2.65. The third-order valence-electron chi connectivity index (χ3n) is 19.2. The molecule has 0 amide bonds. The number of anilines is 9. The van der Waals surface area contributed by atoms with Crippen molar-refractivity contribution in [2.75, 3.05) is 14.7 Å². The molecule has 2 aliphatic heterocycles. The number of benzene rings is 8. The van der Waals surface area contributed by atoms with E-state index in [0.29, 0.717) is 0 Å². The standard InChI is InChI=1S/C74H84BN3/c1-18-71(10,11)50-32-41-55(42-33-50)77-60-45-36-52(73(14,15)20-3)46-59(60)75-67-61(77)26-23-27-62(67)78(56-43-34-51(35-44-56)72(12,13)19-2)64-47-63(65-57-24-21-22-25-58(57)74(16,17)66(65)68(64)75)76(53-37-28-48(29-38-53)69(4,5)6)54-39-30-49(31-40-54)70(7,8)9/h21-47H,18-20H2,1-17H3. The van der Waals surface area contributed by atoms with Crippen LogP contribution in [0.3, 0.4) is 0 Å². The lowest BCUT2D eigenvalue weighted by Crippen LogP contribution is -2.63. The quantitative estimate of drug-likeness (QED) is 0.120. The Morgan fingerprint density at radius 1 is 0.423 bits per heavy atom. The van der Waals surface area contributed by atoms with Crippen molar-refractivity contribution >= 4 is 74.3 Å². The second-order valence-electron chi connectivity index (χ2n) is 27.6. The molecule has 0 unspecified atom stereocenters. The molecule has 0 spiro atoms.